The molecule has 0 unspecified atom stereocenters. The van der Waals surface area contributed by atoms with Crippen LogP contribution < -0.4 is 5.32 Å². The molecule has 0 heterocycles. The summed E-state index contributed by atoms with van der Waals surface area (Å²) in [5.74, 6) is 0.856. The van der Waals surface area contributed by atoms with E-state index in [4.69, 9.17) is 16.3 Å². The number of nitrogens with one attached hydrogen (secondary N) is 1. The van der Waals surface area contributed by atoms with E-state index in [1.807, 2.05) is 38.2 Å². The highest BCUT2D eigenvalue weighted by Crippen LogP contribution is 2.10. The second-order valence-electron chi connectivity index (χ2n) is 4.15. The molecule has 1 aromatic rings. The van der Waals surface area contributed by atoms with Gasteiger partial charge in [0.15, 0.2) is 5.96 Å². The monoisotopic (exact) mass is 283 g/mol. The Hall–Kier alpha value is -1.26. The van der Waals surface area contributed by atoms with E-state index < -0.39 is 0 Å². The molecule has 0 amide bonds. The van der Waals surface area contributed by atoms with Crippen molar-refractivity contribution in [2.75, 3.05) is 33.9 Å². The fraction of sp³-hybridized carbons (Fsp3) is 0.500. The lowest BCUT2D eigenvalue weighted by molar-refractivity contribution is 0.152. The van der Waals surface area contributed by atoms with Crippen molar-refractivity contribution in [3.63, 3.8) is 0 Å². The molecule has 0 radical (unpaired) electrons. The standard InChI is InChI=1S/C14H22ClN3O/c1-4-19-10-9-17-14(16-2)18(3)11-12-5-7-13(15)8-6-12/h5-8H,4,9-11H2,1-3H3,(H,16,17). The molecule has 0 atom stereocenters. The van der Waals surface area contributed by atoms with E-state index in [9.17, 15) is 0 Å². The highest BCUT2D eigenvalue weighted by atomic mass is 35.5. The summed E-state index contributed by atoms with van der Waals surface area (Å²) in [6, 6.07) is 7.84. The van der Waals surface area contributed by atoms with Crippen molar-refractivity contribution < 1.29 is 4.74 Å². The molecule has 5 heteroatoms. The largest absolute Gasteiger partial charge is 0.380 e. The molecule has 0 aromatic heterocycles. The van der Waals surface area contributed by atoms with Gasteiger partial charge >= 0.3 is 0 Å². The van der Waals surface area contributed by atoms with Gasteiger partial charge in [-0.15, -0.1) is 0 Å². The number of hydrogen-bond donors (Lipinski definition) is 1. The molecule has 4 nitrogen and oxygen atoms in total. The van der Waals surface area contributed by atoms with E-state index in [1.54, 1.807) is 7.05 Å². The first-order valence-corrected chi connectivity index (χ1v) is 6.79. The first-order chi connectivity index (χ1) is 9.17. The van der Waals surface area contributed by atoms with Gasteiger partial charge in [-0.1, -0.05) is 23.7 Å². The molecular weight excluding hydrogens is 262 g/mol. The first kappa shape index (κ1) is 15.8. The minimum absolute atomic E-state index is 0.685. The number of halogens is 1. The fourth-order valence-corrected chi connectivity index (χ4v) is 1.83. The van der Waals surface area contributed by atoms with E-state index in [0.717, 1.165) is 30.7 Å². The highest BCUT2D eigenvalue weighted by molar-refractivity contribution is 6.30. The molecule has 1 aromatic carbocycles. The Balaban J connectivity index is 2.45. The molecule has 0 saturated heterocycles. The van der Waals surface area contributed by atoms with Gasteiger partial charge in [-0.2, -0.15) is 0 Å². The lowest BCUT2D eigenvalue weighted by Gasteiger charge is -2.22. The summed E-state index contributed by atoms with van der Waals surface area (Å²) >= 11 is 5.87. The van der Waals surface area contributed by atoms with Gasteiger partial charge in [-0.3, -0.25) is 4.99 Å². The maximum Gasteiger partial charge on any atom is 0.193 e. The van der Waals surface area contributed by atoms with Crippen LogP contribution in [0.5, 0.6) is 0 Å². The van der Waals surface area contributed by atoms with Crippen molar-refractivity contribution in [3.8, 4) is 0 Å². The van der Waals surface area contributed by atoms with Crippen LogP contribution in [0.3, 0.4) is 0 Å². The molecule has 0 bridgehead atoms. The van der Waals surface area contributed by atoms with Gasteiger partial charge in [0.05, 0.1) is 6.61 Å². The summed E-state index contributed by atoms with van der Waals surface area (Å²) in [5, 5.41) is 4.02. The molecule has 1 N–H and O–H groups in total. The smallest absolute Gasteiger partial charge is 0.193 e. The van der Waals surface area contributed by atoms with E-state index >= 15 is 0 Å². The Labute approximate surface area is 120 Å². The van der Waals surface area contributed by atoms with Crippen LogP contribution in [0.1, 0.15) is 12.5 Å². The Bertz CT molecular complexity index is 392. The second-order valence-corrected chi connectivity index (χ2v) is 4.59. The van der Waals surface area contributed by atoms with Gasteiger partial charge in [0.2, 0.25) is 0 Å². The molecule has 0 aliphatic rings. The van der Waals surface area contributed by atoms with Crippen LogP contribution in [-0.4, -0.2) is 44.7 Å². The van der Waals surface area contributed by atoms with Crippen molar-refractivity contribution in [3.05, 3.63) is 34.9 Å². The Morgan fingerprint density at radius 1 is 1.37 bits per heavy atom. The lowest BCUT2D eigenvalue weighted by Crippen LogP contribution is -2.39. The Kier molecular flexibility index (Phi) is 7.30. The van der Waals surface area contributed by atoms with Gasteiger partial charge in [0, 0.05) is 38.8 Å². The lowest BCUT2D eigenvalue weighted by atomic mass is 10.2. The van der Waals surface area contributed by atoms with Crippen LogP contribution in [0.4, 0.5) is 0 Å². The molecule has 106 valence electrons. The number of guanidine groups is 1. The number of hydrogen-bond acceptors (Lipinski definition) is 2. The van der Waals surface area contributed by atoms with Gasteiger partial charge in [0.25, 0.3) is 0 Å². The molecule has 0 aliphatic carbocycles. The van der Waals surface area contributed by atoms with Crippen molar-refractivity contribution in [2.24, 2.45) is 4.99 Å². The Morgan fingerprint density at radius 3 is 2.63 bits per heavy atom. The van der Waals surface area contributed by atoms with Crippen LogP contribution >= 0.6 is 11.6 Å². The predicted molar refractivity (Wildman–Crippen MR) is 80.8 cm³/mol. The maximum atomic E-state index is 5.87. The van der Waals surface area contributed by atoms with Crippen molar-refractivity contribution in [1.82, 2.24) is 10.2 Å². The summed E-state index contributed by atoms with van der Waals surface area (Å²) < 4.78 is 5.29. The van der Waals surface area contributed by atoms with Gasteiger partial charge in [0.1, 0.15) is 0 Å². The summed E-state index contributed by atoms with van der Waals surface area (Å²) in [6.45, 7) is 4.95. The van der Waals surface area contributed by atoms with Crippen LogP contribution in [0.15, 0.2) is 29.3 Å². The number of rotatable bonds is 6. The minimum atomic E-state index is 0.685. The molecule has 1 rings (SSSR count). The highest BCUT2D eigenvalue weighted by Gasteiger charge is 2.05. The van der Waals surface area contributed by atoms with E-state index in [-0.39, 0.29) is 0 Å². The topological polar surface area (TPSA) is 36.9 Å². The molecule has 19 heavy (non-hydrogen) atoms. The van der Waals surface area contributed by atoms with E-state index in [1.165, 1.54) is 5.56 Å². The minimum Gasteiger partial charge on any atom is -0.380 e. The summed E-state index contributed by atoms with van der Waals surface area (Å²) in [6.07, 6.45) is 0. The summed E-state index contributed by atoms with van der Waals surface area (Å²) in [4.78, 5) is 6.31. The van der Waals surface area contributed by atoms with Gasteiger partial charge < -0.3 is 15.0 Å². The first-order valence-electron chi connectivity index (χ1n) is 6.41. The van der Waals surface area contributed by atoms with Crippen molar-refractivity contribution in [1.29, 1.82) is 0 Å². The van der Waals surface area contributed by atoms with Gasteiger partial charge in [-0.25, -0.2) is 0 Å². The summed E-state index contributed by atoms with van der Waals surface area (Å²) in [5.41, 5.74) is 1.19. The normalized spacial score (nSPS) is 11.5. The maximum absolute atomic E-state index is 5.87. The average Bonchev–Trinajstić information content (AvgIpc) is 2.41. The number of benzene rings is 1. The van der Waals surface area contributed by atoms with E-state index in [0.29, 0.717) is 6.61 Å². The van der Waals surface area contributed by atoms with Crippen LogP contribution in [-0.2, 0) is 11.3 Å². The zero-order valence-electron chi connectivity index (χ0n) is 11.8. The van der Waals surface area contributed by atoms with Gasteiger partial charge in [-0.05, 0) is 24.6 Å². The zero-order valence-corrected chi connectivity index (χ0v) is 12.6. The molecule has 0 fully saturated rings. The molecular formula is C14H22ClN3O. The Morgan fingerprint density at radius 2 is 2.05 bits per heavy atom. The summed E-state index contributed by atoms with van der Waals surface area (Å²) in [7, 11) is 3.78. The second kappa shape index (κ2) is 8.77. The zero-order chi connectivity index (χ0) is 14.1. The molecule has 0 saturated carbocycles. The number of ether oxygens (including phenoxy) is 1. The third-order valence-electron chi connectivity index (χ3n) is 2.64. The van der Waals surface area contributed by atoms with Crippen LogP contribution in [0, 0.1) is 0 Å². The van der Waals surface area contributed by atoms with Crippen molar-refractivity contribution in [2.45, 2.75) is 13.5 Å². The average molecular weight is 284 g/mol. The van der Waals surface area contributed by atoms with Crippen LogP contribution in [0.2, 0.25) is 5.02 Å². The third kappa shape index (κ3) is 5.94. The SMILES string of the molecule is CCOCCNC(=NC)N(C)Cc1ccc(Cl)cc1. The quantitative estimate of drug-likeness (QED) is 0.495. The molecule has 0 aliphatic heterocycles. The predicted octanol–water partition coefficient (Wildman–Crippen LogP) is 2.38. The van der Waals surface area contributed by atoms with Crippen LogP contribution in [0.25, 0.3) is 0 Å². The van der Waals surface area contributed by atoms with E-state index in [2.05, 4.69) is 15.2 Å². The fourth-order valence-electron chi connectivity index (χ4n) is 1.70. The van der Waals surface area contributed by atoms with Crippen molar-refractivity contribution >= 4 is 17.6 Å². The number of nitrogens with zero attached hydrogens (tertiary/aromatic N) is 2. The molecule has 0 spiro atoms. The third-order valence-corrected chi connectivity index (χ3v) is 2.89. The number of aliphatic imine (C=N–C) groups is 1.